The molecule has 1 aliphatic carbocycles. The van der Waals surface area contributed by atoms with E-state index >= 15 is 0 Å². The fourth-order valence-corrected chi connectivity index (χ4v) is 3.23. The minimum atomic E-state index is 0.375. The molecule has 0 saturated heterocycles. The minimum Gasteiger partial charge on any atom is -0.385 e. The Morgan fingerprint density at radius 3 is 2.55 bits per heavy atom. The maximum Gasteiger partial charge on any atom is 0.191 e. The highest BCUT2D eigenvalue weighted by atomic mass is 16.5. The molecule has 1 aromatic rings. The maximum absolute atomic E-state index is 5.29. The molecule has 2 N–H and O–H groups in total. The predicted molar refractivity (Wildman–Crippen MR) is 92.0 cm³/mol. The normalized spacial score (nSPS) is 17.5. The molecule has 0 unspecified atom stereocenters. The zero-order valence-electron chi connectivity index (χ0n) is 13.9. The Balaban J connectivity index is 1.82. The topological polar surface area (TPSA) is 45.7 Å². The summed E-state index contributed by atoms with van der Waals surface area (Å²) in [4.78, 5) is 4.34. The van der Waals surface area contributed by atoms with Crippen molar-refractivity contribution in [2.45, 2.75) is 38.6 Å². The van der Waals surface area contributed by atoms with Crippen molar-refractivity contribution < 1.29 is 4.74 Å². The fraction of sp³-hybridized carbons (Fsp3) is 0.611. The summed E-state index contributed by atoms with van der Waals surface area (Å²) in [6.45, 7) is 2.62. The highest BCUT2D eigenvalue weighted by Crippen LogP contribution is 2.40. The van der Waals surface area contributed by atoms with Gasteiger partial charge in [0.2, 0.25) is 0 Å². The molecule has 0 aliphatic heterocycles. The quantitative estimate of drug-likeness (QED) is 0.601. The summed E-state index contributed by atoms with van der Waals surface area (Å²) in [6, 6.07) is 10.4. The number of methoxy groups -OCH3 is 1. The van der Waals surface area contributed by atoms with Crippen LogP contribution in [0.2, 0.25) is 0 Å². The molecule has 1 fully saturated rings. The van der Waals surface area contributed by atoms with Gasteiger partial charge in [0.25, 0.3) is 0 Å². The third-order valence-electron chi connectivity index (χ3n) is 4.66. The summed E-state index contributed by atoms with van der Waals surface area (Å²) < 4.78 is 5.29. The van der Waals surface area contributed by atoms with Crippen molar-refractivity contribution in [3.63, 3.8) is 0 Å². The molecular weight excluding hydrogens is 274 g/mol. The molecule has 0 amide bonds. The van der Waals surface area contributed by atoms with E-state index in [1.54, 1.807) is 7.11 Å². The van der Waals surface area contributed by atoms with Gasteiger partial charge >= 0.3 is 0 Å². The highest BCUT2D eigenvalue weighted by Gasteiger charge is 2.33. The van der Waals surface area contributed by atoms with Crippen molar-refractivity contribution in [2.75, 3.05) is 27.3 Å². The largest absolute Gasteiger partial charge is 0.385 e. The molecule has 0 spiro atoms. The van der Waals surface area contributed by atoms with Gasteiger partial charge in [-0.1, -0.05) is 43.2 Å². The van der Waals surface area contributed by atoms with E-state index in [0.717, 1.165) is 32.1 Å². The Hall–Kier alpha value is -1.55. The van der Waals surface area contributed by atoms with Gasteiger partial charge < -0.3 is 15.4 Å². The van der Waals surface area contributed by atoms with E-state index in [9.17, 15) is 0 Å². The summed E-state index contributed by atoms with van der Waals surface area (Å²) in [6.07, 6.45) is 6.38. The SMILES string of the molecule is CN=C(NCc1ccccc1)NCC1(CCOC)CCCC1. The number of hydrogen-bond acceptors (Lipinski definition) is 2. The van der Waals surface area contributed by atoms with Crippen LogP contribution < -0.4 is 10.6 Å². The van der Waals surface area contributed by atoms with Gasteiger partial charge in [-0.3, -0.25) is 4.99 Å². The molecule has 2 rings (SSSR count). The molecule has 0 aromatic heterocycles. The van der Waals surface area contributed by atoms with Gasteiger partial charge in [0.1, 0.15) is 0 Å². The lowest BCUT2D eigenvalue weighted by atomic mass is 9.83. The van der Waals surface area contributed by atoms with E-state index in [1.807, 2.05) is 13.1 Å². The number of ether oxygens (including phenoxy) is 1. The number of nitrogens with zero attached hydrogens (tertiary/aromatic N) is 1. The molecule has 4 nitrogen and oxygen atoms in total. The van der Waals surface area contributed by atoms with E-state index in [0.29, 0.717) is 5.41 Å². The van der Waals surface area contributed by atoms with Gasteiger partial charge in [0.05, 0.1) is 0 Å². The molecule has 1 aliphatic rings. The number of benzene rings is 1. The lowest BCUT2D eigenvalue weighted by molar-refractivity contribution is 0.138. The van der Waals surface area contributed by atoms with Gasteiger partial charge in [-0.2, -0.15) is 0 Å². The number of aliphatic imine (C=N–C) groups is 1. The van der Waals surface area contributed by atoms with Crippen LogP contribution in [0.3, 0.4) is 0 Å². The Morgan fingerprint density at radius 2 is 1.91 bits per heavy atom. The van der Waals surface area contributed by atoms with Gasteiger partial charge in [0, 0.05) is 33.9 Å². The molecule has 1 aromatic carbocycles. The summed E-state index contributed by atoms with van der Waals surface area (Å²) in [5, 5.41) is 6.91. The minimum absolute atomic E-state index is 0.375. The molecule has 0 radical (unpaired) electrons. The second-order valence-electron chi connectivity index (χ2n) is 6.21. The number of nitrogens with one attached hydrogen (secondary N) is 2. The summed E-state index contributed by atoms with van der Waals surface area (Å²) in [5.41, 5.74) is 1.64. The van der Waals surface area contributed by atoms with Gasteiger partial charge in [-0.25, -0.2) is 0 Å². The number of rotatable bonds is 7. The van der Waals surface area contributed by atoms with Gasteiger partial charge in [0.15, 0.2) is 5.96 Å². The number of guanidine groups is 1. The average molecular weight is 303 g/mol. The van der Waals surface area contributed by atoms with E-state index in [2.05, 4.69) is 39.9 Å². The van der Waals surface area contributed by atoms with Crippen molar-refractivity contribution in [3.8, 4) is 0 Å². The Morgan fingerprint density at radius 1 is 1.18 bits per heavy atom. The van der Waals surface area contributed by atoms with E-state index < -0.39 is 0 Å². The van der Waals surface area contributed by atoms with Crippen LogP contribution >= 0.6 is 0 Å². The van der Waals surface area contributed by atoms with E-state index in [4.69, 9.17) is 4.74 Å². The first kappa shape index (κ1) is 16.8. The summed E-state index contributed by atoms with van der Waals surface area (Å²) in [7, 11) is 3.62. The Bertz CT molecular complexity index is 453. The second kappa shape index (κ2) is 8.79. The molecule has 0 bridgehead atoms. The fourth-order valence-electron chi connectivity index (χ4n) is 3.23. The van der Waals surface area contributed by atoms with Crippen LogP contribution in [-0.4, -0.2) is 33.3 Å². The maximum atomic E-state index is 5.29. The summed E-state index contributed by atoms with van der Waals surface area (Å²) in [5.74, 6) is 0.882. The van der Waals surface area contributed by atoms with Gasteiger partial charge in [-0.05, 0) is 30.2 Å². The Labute approximate surface area is 134 Å². The zero-order chi connectivity index (χ0) is 15.7. The van der Waals surface area contributed by atoms with Gasteiger partial charge in [-0.15, -0.1) is 0 Å². The summed E-state index contributed by atoms with van der Waals surface area (Å²) >= 11 is 0. The smallest absolute Gasteiger partial charge is 0.191 e. The van der Waals surface area contributed by atoms with Crippen LogP contribution in [0, 0.1) is 5.41 Å². The third kappa shape index (κ3) is 5.02. The van der Waals surface area contributed by atoms with Crippen LogP contribution in [0.15, 0.2) is 35.3 Å². The highest BCUT2D eigenvalue weighted by molar-refractivity contribution is 5.79. The van der Waals surface area contributed by atoms with Crippen LogP contribution in [0.4, 0.5) is 0 Å². The van der Waals surface area contributed by atoms with E-state index in [1.165, 1.54) is 31.2 Å². The van der Waals surface area contributed by atoms with Crippen LogP contribution in [0.25, 0.3) is 0 Å². The van der Waals surface area contributed by atoms with Crippen LogP contribution in [0.1, 0.15) is 37.7 Å². The van der Waals surface area contributed by atoms with Crippen molar-refractivity contribution in [1.82, 2.24) is 10.6 Å². The molecule has 22 heavy (non-hydrogen) atoms. The number of hydrogen-bond donors (Lipinski definition) is 2. The van der Waals surface area contributed by atoms with E-state index in [-0.39, 0.29) is 0 Å². The molecular formula is C18H29N3O. The van der Waals surface area contributed by atoms with Crippen LogP contribution in [-0.2, 0) is 11.3 Å². The Kier molecular flexibility index (Phi) is 6.72. The standard InChI is InChI=1S/C18H29N3O/c1-19-17(20-14-16-8-4-3-5-9-16)21-15-18(12-13-22-2)10-6-7-11-18/h3-5,8-9H,6-7,10-15H2,1-2H3,(H2,19,20,21). The molecule has 4 heteroatoms. The first-order chi connectivity index (χ1) is 10.8. The lowest BCUT2D eigenvalue weighted by Crippen LogP contribution is -2.43. The third-order valence-corrected chi connectivity index (χ3v) is 4.66. The molecule has 0 heterocycles. The first-order valence-electron chi connectivity index (χ1n) is 8.25. The predicted octanol–water partition coefficient (Wildman–Crippen LogP) is 2.95. The van der Waals surface area contributed by atoms with Crippen molar-refractivity contribution in [3.05, 3.63) is 35.9 Å². The first-order valence-corrected chi connectivity index (χ1v) is 8.25. The molecule has 0 atom stereocenters. The van der Waals surface area contributed by atoms with Crippen molar-refractivity contribution >= 4 is 5.96 Å². The zero-order valence-corrected chi connectivity index (χ0v) is 13.9. The van der Waals surface area contributed by atoms with Crippen molar-refractivity contribution in [1.29, 1.82) is 0 Å². The second-order valence-corrected chi connectivity index (χ2v) is 6.21. The van der Waals surface area contributed by atoms with Crippen molar-refractivity contribution in [2.24, 2.45) is 10.4 Å². The molecule has 1 saturated carbocycles. The lowest BCUT2D eigenvalue weighted by Gasteiger charge is -2.30. The average Bonchev–Trinajstić information content (AvgIpc) is 3.03. The van der Waals surface area contributed by atoms with Crippen LogP contribution in [0.5, 0.6) is 0 Å². The monoisotopic (exact) mass is 303 g/mol. The molecule has 122 valence electrons.